The summed E-state index contributed by atoms with van der Waals surface area (Å²) in [5.74, 6) is 0.628. The van der Waals surface area contributed by atoms with Gasteiger partial charge in [0.05, 0.1) is 11.9 Å². The van der Waals surface area contributed by atoms with Crippen molar-refractivity contribution in [2.24, 2.45) is 0 Å². The van der Waals surface area contributed by atoms with E-state index in [4.69, 9.17) is 10.8 Å². The Morgan fingerprint density at radius 1 is 1.60 bits per heavy atom. The molecule has 0 saturated carbocycles. The van der Waals surface area contributed by atoms with Gasteiger partial charge in [0.2, 0.25) is 0 Å². The Hall–Kier alpha value is -1.36. The summed E-state index contributed by atoms with van der Waals surface area (Å²) in [5, 5.41) is 12.2. The fourth-order valence-electron chi connectivity index (χ4n) is 1.31. The van der Waals surface area contributed by atoms with Crippen LogP contribution in [-0.2, 0) is 0 Å². The zero-order valence-corrected chi connectivity index (χ0v) is 9.20. The standard InChI is InChI=1S/C10H18N4O/c1-3-10(2,4-5-15)14-9-8(11)6-12-7-13-9/h6-7,15H,3-5,11H2,1-2H3,(H,12,13,14). The first-order valence-corrected chi connectivity index (χ1v) is 5.06. The third kappa shape index (κ3) is 3.06. The molecule has 1 rings (SSSR count). The minimum atomic E-state index is -0.183. The molecule has 0 aromatic carbocycles. The molecule has 0 bridgehead atoms. The summed E-state index contributed by atoms with van der Waals surface area (Å²) in [7, 11) is 0. The van der Waals surface area contributed by atoms with Crippen molar-refractivity contribution in [2.75, 3.05) is 17.7 Å². The van der Waals surface area contributed by atoms with Crippen molar-refractivity contribution in [1.82, 2.24) is 9.97 Å². The van der Waals surface area contributed by atoms with Crippen LogP contribution >= 0.6 is 0 Å². The molecule has 15 heavy (non-hydrogen) atoms. The van der Waals surface area contributed by atoms with E-state index in [0.29, 0.717) is 17.9 Å². The number of nitrogens with two attached hydrogens (primary N) is 1. The summed E-state index contributed by atoms with van der Waals surface area (Å²) in [6.45, 7) is 4.23. The summed E-state index contributed by atoms with van der Waals surface area (Å²) in [6.07, 6.45) is 4.56. The van der Waals surface area contributed by atoms with Gasteiger partial charge in [0.25, 0.3) is 0 Å². The predicted molar refractivity (Wildman–Crippen MR) is 60.5 cm³/mol. The first-order valence-electron chi connectivity index (χ1n) is 5.06. The molecule has 0 saturated heterocycles. The van der Waals surface area contributed by atoms with E-state index >= 15 is 0 Å². The summed E-state index contributed by atoms with van der Waals surface area (Å²) >= 11 is 0. The summed E-state index contributed by atoms with van der Waals surface area (Å²) in [4.78, 5) is 7.89. The molecule has 0 aliphatic rings. The van der Waals surface area contributed by atoms with Crippen LogP contribution < -0.4 is 11.1 Å². The number of hydrogen-bond donors (Lipinski definition) is 3. The van der Waals surface area contributed by atoms with Gasteiger partial charge in [0.15, 0.2) is 5.82 Å². The predicted octanol–water partition coefficient (Wildman–Crippen LogP) is 1.02. The molecule has 1 unspecified atom stereocenters. The van der Waals surface area contributed by atoms with Crippen LogP contribution in [0.4, 0.5) is 11.5 Å². The van der Waals surface area contributed by atoms with Crippen molar-refractivity contribution in [3.63, 3.8) is 0 Å². The molecule has 84 valence electrons. The van der Waals surface area contributed by atoms with Crippen LogP contribution in [0.5, 0.6) is 0 Å². The van der Waals surface area contributed by atoms with Crippen molar-refractivity contribution in [3.05, 3.63) is 12.5 Å². The Labute approximate surface area is 89.7 Å². The van der Waals surface area contributed by atoms with Gasteiger partial charge in [-0.1, -0.05) is 6.92 Å². The van der Waals surface area contributed by atoms with Gasteiger partial charge in [0, 0.05) is 12.1 Å². The Kier molecular flexibility index (Phi) is 3.85. The lowest BCUT2D eigenvalue weighted by molar-refractivity contribution is 0.252. The minimum Gasteiger partial charge on any atom is -0.396 e. The number of aliphatic hydroxyl groups excluding tert-OH is 1. The lowest BCUT2D eigenvalue weighted by atomic mass is 9.95. The van der Waals surface area contributed by atoms with E-state index in [9.17, 15) is 0 Å². The van der Waals surface area contributed by atoms with Crippen LogP contribution in [0.2, 0.25) is 0 Å². The van der Waals surface area contributed by atoms with Crippen molar-refractivity contribution >= 4 is 11.5 Å². The van der Waals surface area contributed by atoms with Crippen LogP contribution in [0.3, 0.4) is 0 Å². The van der Waals surface area contributed by atoms with E-state index in [1.807, 2.05) is 6.92 Å². The average molecular weight is 210 g/mol. The number of nitrogen functional groups attached to an aromatic ring is 1. The number of nitrogens with zero attached hydrogens (tertiary/aromatic N) is 2. The van der Waals surface area contributed by atoms with Gasteiger partial charge in [-0.3, -0.25) is 0 Å². The van der Waals surface area contributed by atoms with Crippen LogP contribution in [0.1, 0.15) is 26.7 Å². The number of nitrogens with one attached hydrogen (secondary N) is 1. The fraction of sp³-hybridized carbons (Fsp3) is 0.600. The molecule has 1 atom stereocenters. The molecular weight excluding hydrogens is 192 g/mol. The van der Waals surface area contributed by atoms with E-state index < -0.39 is 0 Å². The Balaban J connectivity index is 2.79. The maximum atomic E-state index is 8.98. The molecule has 1 aromatic rings. The lowest BCUT2D eigenvalue weighted by Crippen LogP contribution is -2.35. The third-order valence-corrected chi connectivity index (χ3v) is 2.60. The second-order valence-corrected chi connectivity index (χ2v) is 3.84. The molecule has 1 heterocycles. The van der Waals surface area contributed by atoms with Gasteiger partial charge in [-0.15, -0.1) is 0 Å². The van der Waals surface area contributed by atoms with E-state index in [1.165, 1.54) is 6.33 Å². The number of aliphatic hydroxyl groups is 1. The fourth-order valence-corrected chi connectivity index (χ4v) is 1.31. The molecule has 0 spiro atoms. The molecule has 5 nitrogen and oxygen atoms in total. The van der Waals surface area contributed by atoms with Gasteiger partial charge in [-0.2, -0.15) is 0 Å². The van der Waals surface area contributed by atoms with Crippen LogP contribution in [0.25, 0.3) is 0 Å². The lowest BCUT2D eigenvalue weighted by Gasteiger charge is -2.29. The maximum absolute atomic E-state index is 8.98. The second-order valence-electron chi connectivity index (χ2n) is 3.84. The van der Waals surface area contributed by atoms with Gasteiger partial charge in [0.1, 0.15) is 6.33 Å². The normalized spacial score (nSPS) is 14.6. The molecular formula is C10H18N4O. The van der Waals surface area contributed by atoms with Crippen LogP contribution in [0.15, 0.2) is 12.5 Å². The van der Waals surface area contributed by atoms with E-state index in [0.717, 1.165) is 6.42 Å². The monoisotopic (exact) mass is 210 g/mol. The Morgan fingerprint density at radius 2 is 2.33 bits per heavy atom. The molecule has 4 N–H and O–H groups in total. The highest BCUT2D eigenvalue weighted by atomic mass is 16.3. The number of anilines is 2. The highest BCUT2D eigenvalue weighted by molar-refractivity contribution is 5.60. The van der Waals surface area contributed by atoms with E-state index in [2.05, 4.69) is 22.2 Å². The zero-order chi connectivity index (χ0) is 11.3. The Bertz CT molecular complexity index is 318. The number of rotatable bonds is 5. The summed E-state index contributed by atoms with van der Waals surface area (Å²) < 4.78 is 0. The van der Waals surface area contributed by atoms with Crippen molar-refractivity contribution in [2.45, 2.75) is 32.2 Å². The molecule has 1 aromatic heterocycles. The first-order chi connectivity index (χ1) is 7.11. The topological polar surface area (TPSA) is 84.1 Å². The van der Waals surface area contributed by atoms with Crippen molar-refractivity contribution < 1.29 is 5.11 Å². The molecule has 0 radical (unpaired) electrons. The summed E-state index contributed by atoms with van der Waals surface area (Å²) in [6, 6.07) is 0. The minimum absolute atomic E-state index is 0.141. The van der Waals surface area contributed by atoms with Gasteiger partial charge in [-0.25, -0.2) is 9.97 Å². The van der Waals surface area contributed by atoms with Crippen LogP contribution in [-0.4, -0.2) is 27.2 Å². The van der Waals surface area contributed by atoms with E-state index in [1.54, 1.807) is 6.20 Å². The van der Waals surface area contributed by atoms with E-state index in [-0.39, 0.29) is 12.1 Å². The maximum Gasteiger partial charge on any atom is 0.153 e. The molecule has 0 fully saturated rings. The average Bonchev–Trinajstić information content (AvgIpc) is 2.22. The Morgan fingerprint density at radius 3 is 2.87 bits per heavy atom. The quantitative estimate of drug-likeness (QED) is 0.675. The molecule has 0 amide bonds. The number of hydrogen-bond acceptors (Lipinski definition) is 5. The zero-order valence-electron chi connectivity index (χ0n) is 9.20. The molecule has 0 aliphatic heterocycles. The van der Waals surface area contributed by atoms with Gasteiger partial charge in [-0.05, 0) is 19.8 Å². The van der Waals surface area contributed by atoms with Gasteiger partial charge < -0.3 is 16.2 Å². The molecule has 5 heteroatoms. The van der Waals surface area contributed by atoms with Crippen LogP contribution in [0, 0.1) is 0 Å². The molecule has 0 aliphatic carbocycles. The SMILES string of the molecule is CCC(C)(CCO)Nc1ncncc1N. The van der Waals surface area contributed by atoms with Gasteiger partial charge >= 0.3 is 0 Å². The van der Waals surface area contributed by atoms with Crippen molar-refractivity contribution in [3.8, 4) is 0 Å². The summed E-state index contributed by atoms with van der Waals surface area (Å²) in [5.41, 5.74) is 6.07. The largest absolute Gasteiger partial charge is 0.396 e. The highest BCUT2D eigenvalue weighted by Gasteiger charge is 2.22. The smallest absolute Gasteiger partial charge is 0.153 e. The first kappa shape index (κ1) is 11.7. The van der Waals surface area contributed by atoms with Crippen molar-refractivity contribution in [1.29, 1.82) is 0 Å². The second kappa shape index (κ2) is 4.93. The number of aromatic nitrogens is 2. The third-order valence-electron chi connectivity index (χ3n) is 2.60. The highest BCUT2D eigenvalue weighted by Crippen LogP contribution is 2.23.